The molecule has 1 fully saturated rings. The SMILES string of the molecule is CC(C)(C)C(=O)NCCC(=O)N1CCN(S(=O)(=O)c2ccc(F)c(F)c2F)CC1. The van der Waals surface area contributed by atoms with Crippen LogP contribution >= 0.6 is 0 Å². The van der Waals surface area contributed by atoms with E-state index in [2.05, 4.69) is 5.32 Å². The van der Waals surface area contributed by atoms with E-state index >= 15 is 0 Å². The Balaban J connectivity index is 1.94. The van der Waals surface area contributed by atoms with Crippen molar-refractivity contribution in [3.05, 3.63) is 29.6 Å². The van der Waals surface area contributed by atoms with Gasteiger partial charge in [-0.15, -0.1) is 0 Å². The average Bonchev–Trinajstić information content (AvgIpc) is 2.65. The highest BCUT2D eigenvalue weighted by molar-refractivity contribution is 7.89. The Morgan fingerprint density at radius 2 is 1.62 bits per heavy atom. The summed E-state index contributed by atoms with van der Waals surface area (Å²) in [5.41, 5.74) is -0.571. The van der Waals surface area contributed by atoms with Crippen molar-refractivity contribution in [2.24, 2.45) is 5.41 Å². The summed E-state index contributed by atoms with van der Waals surface area (Å²) in [5.74, 6) is -5.53. The summed E-state index contributed by atoms with van der Waals surface area (Å²) < 4.78 is 66.3. The van der Waals surface area contributed by atoms with Crippen molar-refractivity contribution in [1.82, 2.24) is 14.5 Å². The molecule has 0 saturated carbocycles. The first kappa shape index (κ1) is 23.1. The van der Waals surface area contributed by atoms with Crippen molar-refractivity contribution in [1.29, 1.82) is 0 Å². The molecule has 0 aromatic heterocycles. The van der Waals surface area contributed by atoms with Crippen molar-refractivity contribution >= 4 is 21.8 Å². The number of hydrogen-bond donors (Lipinski definition) is 1. The largest absolute Gasteiger partial charge is 0.355 e. The predicted octanol–water partition coefficient (Wildman–Crippen LogP) is 1.49. The molecule has 1 aromatic rings. The van der Waals surface area contributed by atoms with Gasteiger partial charge in [-0.05, 0) is 12.1 Å². The molecule has 29 heavy (non-hydrogen) atoms. The molecule has 1 heterocycles. The number of halogens is 3. The van der Waals surface area contributed by atoms with E-state index in [0.717, 1.165) is 4.31 Å². The molecule has 1 aliphatic heterocycles. The highest BCUT2D eigenvalue weighted by Gasteiger charge is 2.33. The van der Waals surface area contributed by atoms with Crippen molar-refractivity contribution in [2.75, 3.05) is 32.7 Å². The monoisotopic (exact) mass is 435 g/mol. The molecule has 0 radical (unpaired) electrons. The zero-order chi connectivity index (χ0) is 22.0. The van der Waals surface area contributed by atoms with Gasteiger partial charge in [-0.3, -0.25) is 9.59 Å². The third-order valence-electron chi connectivity index (χ3n) is 4.51. The number of sulfonamides is 1. The second kappa shape index (κ2) is 8.70. The molecule has 1 aliphatic rings. The first-order valence-corrected chi connectivity index (χ1v) is 10.5. The molecular weight excluding hydrogens is 411 g/mol. The number of amides is 2. The average molecular weight is 435 g/mol. The predicted molar refractivity (Wildman–Crippen MR) is 98.7 cm³/mol. The van der Waals surface area contributed by atoms with Crippen LogP contribution < -0.4 is 5.32 Å². The van der Waals surface area contributed by atoms with Gasteiger partial charge in [0.05, 0.1) is 0 Å². The Labute approximate surface area is 167 Å². The third kappa shape index (κ3) is 5.27. The molecule has 2 amide bonds. The van der Waals surface area contributed by atoms with Gasteiger partial charge in [0.2, 0.25) is 21.8 Å². The van der Waals surface area contributed by atoms with Crippen molar-refractivity contribution in [3.8, 4) is 0 Å². The van der Waals surface area contributed by atoms with Crippen LogP contribution in [0.1, 0.15) is 27.2 Å². The van der Waals surface area contributed by atoms with Gasteiger partial charge >= 0.3 is 0 Å². The Bertz CT molecular complexity index is 892. The van der Waals surface area contributed by atoms with Gasteiger partial charge in [-0.1, -0.05) is 20.8 Å². The first-order chi connectivity index (χ1) is 13.4. The van der Waals surface area contributed by atoms with Gasteiger partial charge in [0.1, 0.15) is 4.90 Å². The molecule has 1 aromatic carbocycles. The molecule has 1 N–H and O–H groups in total. The molecular formula is C18H24F3N3O4S. The molecule has 0 atom stereocenters. The van der Waals surface area contributed by atoms with Crippen molar-refractivity contribution < 1.29 is 31.2 Å². The van der Waals surface area contributed by atoms with Crippen molar-refractivity contribution in [3.63, 3.8) is 0 Å². The molecule has 0 aliphatic carbocycles. The van der Waals surface area contributed by atoms with Gasteiger partial charge in [0.25, 0.3) is 0 Å². The van der Waals surface area contributed by atoms with E-state index < -0.39 is 37.8 Å². The van der Waals surface area contributed by atoms with Crippen LogP contribution in [0.5, 0.6) is 0 Å². The number of nitrogens with zero attached hydrogens (tertiary/aromatic N) is 2. The fourth-order valence-corrected chi connectivity index (χ4v) is 4.21. The minimum absolute atomic E-state index is 0.0619. The highest BCUT2D eigenvalue weighted by atomic mass is 32.2. The van der Waals surface area contributed by atoms with E-state index in [0.29, 0.717) is 12.1 Å². The quantitative estimate of drug-likeness (QED) is 0.710. The van der Waals surface area contributed by atoms with Crippen LogP contribution in [-0.4, -0.2) is 62.2 Å². The summed E-state index contributed by atoms with van der Waals surface area (Å²) in [6, 6.07) is 1.23. The molecule has 11 heteroatoms. The minimum atomic E-state index is -4.37. The molecule has 7 nitrogen and oxygen atoms in total. The Morgan fingerprint density at radius 1 is 1.03 bits per heavy atom. The van der Waals surface area contributed by atoms with E-state index in [1.165, 1.54) is 4.90 Å². The molecule has 0 spiro atoms. The number of rotatable bonds is 5. The van der Waals surface area contributed by atoms with E-state index in [9.17, 15) is 31.2 Å². The van der Waals surface area contributed by atoms with Crippen LogP contribution in [0.3, 0.4) is 0 Å². The summed E-state index contributed by atoms with van der Waals surface area (Å²) in [7, 11) is -4.37. The van der Waals surface area contributed by atoms with Crippen LogP contribution in [0.15, 0.2) is 17.0 Å². The number of benzene rings is 1. The third-order valence-corrected chi connectivity index (χ3v) is 6.43. The summed E-state index contributed by atoms with van der Waals surface area (Å²) in [4.78, 5) is 24.5. The maximum atomic E-state index is 13.9. The number of hydrogen-bond acceptors (Lipinski definition) is 4. The second-order valence-corrected chi connectivity index (χ2v) is 9.62. The topological polar surface area (TPSA) is 86.8 Å². The first-order valence-electron chi connectivity index (χ1n) is 9.05. The van der Waals surface area contributed by atoms with Crippen LogP contribution in [0, 0.1) is 22.9 Å². The van der Waals surface area contributed by atoms with Crippen LogP contribution in [0.4, 0.5) is 13.2 Å². The van der Waals surface area contributed by atoms with Crippen LogP contribution in [-0.2, 0) is 19.6 Å². The number of carbonyl (C=O) groups is 2. The van der Waals surface area contributed by atoms with Crippen molar-refractivity contribution in [2.45, 2.75) is 32.1 Å². The smallest absolute Gasteiger partial charge is 0.246 e. The summed E-state index contributed by atoms with van der Waals surface area (Å²) in [6.45, 7) is 5.32. The Hall–Kier alpha value is -2.14. The summed E-state index contributed by atoms with van der Waals surface area (Å²) in [6.07, 6.45) is 0.0619. The normalized spacial score (nSPS) is 16.0. The van der Waals surface area contributed by atoms with E-state index in [4.69, 9.17) is 0 Å². The van der Waals surface area contributed by atoms with Crippen LogP contribution in [0.25, 0.3) is 0 Å². The lowest BCUT2D eigenvalue weighted by atomic mass is 9.96. The maximum absolute atomic E-state index is 13.9. The number of nitrogens with one attached hydrogen (secondary N) is 1. The van der Waals surface area contributed by atoms with Gasteiger partial charge in [0, 0.05) is 44.6 Å². The Kier molecular flexibility index (Phi) is 6.94. The van der Waals surface area contributed by atoms with Gasteiger partial charge in [0.15, 0.2) is 17.5 Å². The van der Waals surface area contributed by atoms with Gasteiger partial charge in [-0.25, -0.2) is 21.6 Å². The molecule has 0 unspecified atom stereocenters. The minimum Gasteiger partial charge on any atom is -0.355 e. The lowest BCUT2D eigenvalue weighted by Gasteiger charge is -2.34. The highest BCUT2D eigenvalue weighted by Crippen LogP contribution is 2.24. The zero-order valence-electron chi connectivity index (χ0n) is 16.5. The fourth-order valence-electron chi connectivity index (χ4n) is 2.73. The fraction of sp³-hybridized carbons (Fsp3) is 0.556. The second-order valence-electron chi connectivity index (χ2n) is 7.71. The lowest BCUT2D eigenvalue weighted by Crippen LogP contribution is -2.51. The van der Waals surface area contributed by atoms with E-state index in [-0.39, 0.29) is 51.0 Å². The summed E-state index contributed by atoms with van der Waals surface area (Å²) in [5, 5.41) is 2.66. The molecule has 2 rings (SSSR count). The van der Waals surface area contributed by atoms with E-state index in [1.807, 2.05) is 0 Å². The van der Waals surface area contributed by atoms with Crippen LogP contribution in [0.2, 0.25) is 0 Å². The summed E-state index contributed by atoms with van der Waals surface area (Å²) >= 11 is 0. The van der Waals surface area contributed by atoms with Gasteiger partial charge < -0.3 is 10.2 Å². The Morgan fingerprint density at radius 3 is 2.17 bits per heavy atom. The number of carbonyl (C=O) groups excluding carboxylic acids is 2. The molecule has 1 saturated heterocycles. The standard InChI is InChI=1S/C18H24F3N3O4S/c1-18(2,3)17(26)22-7-6-14(25)23-8-10-24(11-9-23)29(27,28)13-5-4-12(19)15(20)16(13)21/h4-5H,6-11H2,1-3H3,(H,22,26). The lowest BCUT2D eigenvalue weighted by molar-refractivity contribution is -0.132. The number of piperazine rings is 1. The maximum Gasteiger partial charge on any atom is 0.246 e. The zero-order valence-corrected chi connectivity index (χ0v) is 17.3. The molecule has 162 valence electrons. The van der Waals surface area contributed by atoms with Gasteiger partial charge in [-0.2, -0.15) is 4.31 Å². The molecule has 0 bridgehead atoms. The van der Waals surface area contributed by atoms with E-state index in [1.54, 1.807) is 20.8 Å².